The van der Waals surface area contributed by atoms with Gasteiger partial charge in [-0.3, -0.25) is 0 Å². The van der Waals surface area contributed by atoms with E-state index in [0.29, 0.717) is 19.3 Å². The number of carbonyl (C=O) groups excluding carboxylic acids is 1. The third kappa shape index (κ3) is 5.30. The van der Waals surface area contributed by atoms with Crippen LogP contribution in [0.1, 0.15) is 31.7 Å². The fourth-order valence-electron chi connectivity index (χ4n) is 3.11. The summed E-state index contributed by atoms with van der Waals surface area (Å²) < 4.78 is 5.26. The Morgan fingerprint density at radius 3 is 2.58 bits per heavy atom. The van der Waals surface area contributed by atoms with E-state index >= 15 is 0 Å². The molecule has 3 unspecified atom stereocenters. The number of carbonyl (C=O) groups is 2. The summed E-state index contributed by atoms with van der Waals surface area (Å²) in [6.07, 6.45) is 0.516. The quantitative estimate of drug-likeness (QED) is 0.722. The Labute approximate surface area is 141 Å². The third-order valence-electron chi connectivity index (χ3n) is 4.33. The summed E-state index contributed by atoms with van der Waals surface area (Å²) in [6.45, 7) is 6.10. The summed E-state index contributed by atoms with van der Waals surface area (Å²) in [5, 5.41) is 14.3. The van der Waals surface area contributed by atoms with Gasteiger partial charge in [-0.2, -0.15) is 0 Å². The van der Waals surface area contributed by atoms with E-state index in [-0.39, 0.29) is 24.6 Å². The zero-order chi connectivity index (χ0) is 17.5. The summed E-state index contributed by atoms with van der Waals surface area (Å²) >= 11 is 0. The van der Waals surface area contributed by atoms with Crippen molar-refractivity contribution >= 4 is 12.2 Å². The van der Waals surface area contributed by atoms with Gasteiger partial charge in [0.05, 0.1) is 0 Å². The highest BCUT2D eigenvalue weighted by molar-refractivity contribution is 5.68. The molecule has 24 heavy (non-hydrogen) atoms. The van der Waals surface area contributed by atoms with Crippen molar-refractivity contribution in [3.63, 3.8) is 0 Å². The molecule has 1 fully saturated rings. The predicted molar refractivity (Wildman–Crippen MR) is 90.7 cm³/mol. The van der Waals surface area contributed by atoms with E-state index in [4.69, 9.17) is 9.84 Å². The van der Waals surface area contributed by atoms with Gasteiger partial charge in [0, 0.05) is 18.0 Å². The van der Waals surface area contributed by atoms with Crippen LogP contribution in [0.15, 0.2) is 42.5 Å². The number of alkyl carbamates (subject to hydrolysis) is 1. The van der Waals surface area contributed by atoms with Crippen molar-refractivity contribution in [2.45, 2.75) is 44.9 Å². The Bertz CT molecular complexity index is 588. The predicted octanol–water partition coefficient (Wildman–Crippen LogP) is 3.29. The van der Waals surface area contributed by atoms with Gasteiger partial charge in [0.1, 0.15) is 6.61 Å². The molecular formula is C18H24N2O4. The Kier molecular flexibility index (Phi) is 6.23. The molecule has 1 aromatic carbocycles. The Morgan fingerprint density at radius 2 is 1.96 bits per heavy atom. The molecule has 1 saturated carbocycles. The number of amides is 2. The summed E-state index contributed by atoms with van der Waals surface area (Å²) in [7, 11) is 0. The molecule has 0 bridgehead atoms. The van der Waals surface area contributed by atoms with Gasteiger partial charge < -0.3 is 20.5 Å². The molecule has 3 atom stereocenters. The minimum absolute atomic E-state index is 0.0277. The molecule has 3 N–H and O–H groups in total. The molecular weight excluding hydrogens is 308 g/mol. The topological polar surface area (TPSA) is 87.7 Å². The van der Waals surface area contributed by atoms with Gasteiger partial charge in [-0.15, -0.1) is 0 Å². The van der Waals surface area contributed by atoms with E-state index in [2.05, 4.69) is 17.2 Å². The lowest BCUT2D eigenvalue weighted by Crippen LogP contribution is -2.49. The number of hydrogen-bond donors (Lipinski definition) is 3. The first-order valence-corrected chi connectivity index (χ1v) is 8.07. The van der Waals surface area contributed by atoms with Crippen molar-refractivity contribution in [1.29, 1.82) is 0 Å². The van der Waals surface area contributed by atoms with Gasteiger partial charge in [0.25, 0.3) is 0 Å². The van der Waals surface area contributed by atoms with Gasteiger partial charge in [0.2, 0.25) is 0 Å². The fraction of sp³-hybridized carbons (Fsp3) is 0.444. The van der Waals surface area contributed by atoms with Gasteiger partial charge in [-0.25, -0.2) is 9.59 Å². The number of rotatable bonds is 5. The molecule has 6 nitrogen and oxygen atoms in total. The smallest absolute Gasteiger partial charge is 0.407 e. The van der Waals surface area contributed by atoms with E-state index in [9.17, 15) is 9.59 Å². The van der Waals surface area contributed by atoms with E-state index in [1.807, 2.05) is 37.3 Å². The number of hydrogen-bond acceptors (Lipinski definition) is 3. The zero-order valence-corrected chi connectivity index (χ0v) is 13.8. The second-order valence-corrected chi connectivity index (χ2v) is 6.22. The molecule has 130 valence electrons. The molecule has 0 heterocycles. The monoisotopic (exact) mass is 332 g/mol. The molecule has 2 rings (SSSR count). The van der Waals surface area contributed by atoms with Crippen LogP contribution in [0, 0.1) is 5.92 Å². The minimum atomic E-state index is -1.02. The molecule has 6 heteroatoms. The Morgan fingerprint density at radius 1 is 1.25 bits per heavy atom. The second kappa shape index (κ2) is 8.38. The van der Waals surface area contributed by atoms with Crippen LogP contribution >= 0.6 is 0 Å². The molecule has 0 aliphatic heterocycles. The lowest BCUT2D eigenvalue weighted by atomic mass is 9.78. The van der Waals surface area contributed by atoms with Gasteiger partial charge >= 0.3 is 12.2 Å². The minimum Gasteiger partial charge on any atom is -0.465 e. The molecule has 2 amide bonds. The number of nitrogens with one attached hydrogen (secondary N) is 2. The SMILES string of the molecule is C=C(C)C1CC(NC(=O)O)CCC1NC(=O)OCc1ccccc1. The van der Waals surface area contributed by atoms with Crippen LogP contribution in [-0.4, -0.2) is 29.4 Å². The molecule has 0 spiro atoms. The van der Waals surface area contributed by atoms with Crippen molar-refractivity contribution < 1.29 is 19.4 Å². The molecule has 0 saturated heterocycles. The normalized spacial score (nSPS) is 23.1. The van der Waals surface area contributed by atoms with E-state index < -0.39 is 12.2 Å². The maximum Gasteiger partial charge on any atom is 0.407 e. The molecule has 1 aromatic rings. The van der Waals surface area contributed by atoms with Crippen LogP contribution in [0.5, 0.6) is 0 Å². The van der Waals surface area contributed by atoms with Crippen LogP contribution in [0.4, 0.5) is 9.59 Å². The molecule has 1 aliphatic carbocycles. The number of ether oxygens (including phenoxy) is 1. The lowest BCUT2D eigenvalue weighted by Gasteiger charge is -2.36. The summed E-state index contributed by atoms with van der Waals surface area (Å²) in [5.41, 5.74) is 1.86. The third-order valence-corrected chi connectivity index (χ3v) is 4.33. The summed E-state index contributed by atoms with van der Waals surface area (Å²) in [4.78, 5) is 22.8. The second-order valence-electron chi connectivity index (χ2n) is 6.22. The molecule has 0 aromatic heterocycles. The number of benzene rings is 1. The van der Waals surface area contributed by atoms with E-state index in [0.717, 1.165) is 11.1 Å². The molecule has 0 radical (unpaired) electrons. The first-order valence-electron chi connectivity index (χ1n) is 8.07. The van der Waals surface area contributed by atoms with E-state index in [1.54, 1.807) is 0 Å². The van der Waals surface area contributed by atoms with Gasteiger partial charge in [-0.1, -0.05) is 42.5 Å². The van der Waals surface area contributed by atoms with Crippen molar-refractivity contribution in [2.24, 2.45) is 5.92 Å². The first-order chi connectivity index (χ1) is 11.5. The van der Waals surface area contributed by atoms with Crippen LogP contribution in [-0.2, 0) is 11.3 Å². The van der Waals surface area contributed by atoms with Crippen molar-refractivity contribution in [2.75, 3.05) is 0 Å². The average molecular weight is 332 g/mol. The molecule has 1 aliphatic rings. The largest absolute Gasteiger partial charge is 0.465 e. The van der Waals surface area contributed by atoms with Crippen LogP contribution in [0.25, 0.3) is 0 Å². The highest BCUT2D eigenvalue weighted by atomic mass is 16.5. The maximum atomic E-state index is 12.0. The van der Waals surface area contributed by atoms with Crippen molar-refractivity contribution in [3.05, 3.63) is 48.0 Å². The zero-order valence-electron chi connectivity index (χ0n) is 13.8. The highest BCUT2D eigenvalue weighted by Crippen LogP contribution is 2.29. The van der Waals surface area contributed by atoms with Crippen molar-refractivity contribution in [1.82, 2.24) is 10.6 Å². The Balaban J connectivity index is 1.86. The van der Waals surface area contributed by atoms with E-state index in [1.165, 1.54) is 0 Å². The summed E-state index contributed by atoms with van der Waals surface area (Å²) in [6, 6.07) is 9.29. The van der Waals surface area contributed by atoms with Crippen molar-refractivity contribution in [3.8, 4) is 0 Å². The lowest BCUT2D eigenvalue weighted by molar-refractivity contribution is 0.126. The Hall–Kier alpha value is -2.50. The van der Waals surface area contributed by atoms with Gasteiger partial charge in [-0.05, 0) is 31.7 Å². The van der Waals surface area contributed by atoms with Crippen LogP contribution in [0.2, 0.25) is 0 Å². The maximum absolute atomic E-state index is 12.0. The highest BCUT2D eigenvalue weighted by Gasteiger charge is 2.32. The first kappa shape index (κ1) is 17.8. The number of carboxylic acid groups (broad SMARTS) is 1. The summed E-state index contributed by atoms with van der Waals surface area (Å²) in [5.74, 6) is 0.0277. The van der Waals surface area contributed by atoms with Crippen LogP contribution < -0.4 is 10.6 Å². The fourth-order valence-corrected chi connectivity index (χ4v) is 3.11. The standard InChI is InChI=1S/C18H24N2O4/c1-12(2)15-10-14(19-17(21)22)8-9-16(15)20-18(23)24-11-13-6-4-3-5-7-13/h3-7,14-16,19H,1,8-11H2,2H3,(H,20,23)(H,21,22). The van der Waals surface area contributed by atoms with Crippen LogP contribution in [0.3, 0.4) is 0 Å². The van der Waals surface area contributed by atoms with Gasteiger partial charge in [0.15, 0.2) is 0 Å². The average Bonchev–Trinajstić information content (AvgIpc) is 2.54.